The molecule has 2 atom stereocenters. The second-order valence-electron chi connectivity index (χ2n) is 4.39. The van der Waals surface area contributed by atoms with Gasteiger partial charge in [0, 0.05) is 16.3 Å². The van der Waals surface area contributed by atoms with Gasteiger partial charge in [-0.05, 0) is 18.2 Å². The summed E-state index contributed by atoms with van der Waals surface area (Å²) in [7, 11) is -4.86. The van der Waals surface area contributed by atoms with Crippen LogP contribution in [0.1, 0.15) is 0 Å². The van der Waals surface area contributed by atoms with Gasteiger partial charge in [-0.2, -0.15) is 0 Å². The molecule has 2 unspecified atom stereocenters. The standard InChI is InChI=1S/C12H12Br4N2O5S.Na/c13-4-7(15)11(19)17-6-1-2-9(10(3-6)24(21,22)23)18-12(20)8(16)5-14;/h1-3,7-8H,4-5H2,(H,17,19)(H,18,20)(H,21,22,23);/q;+1/p-1. The fourth-order valence-electron chi connectivity index (χ4n) is 1.48. The summed E-state index contributed by atoms with van der Waals surface area (Å²) < 4.78 is 34.3. The van der Waals surface area contributed by atoms with Crippen molar-refractivity contribution in [2.45, 2.75) is 14.5 Å². The van der Waals surface area contributed by atoms with E-state index in [1.54, 1.807) is 0 Å². The Hall–Kier alpha value is 0.990. The number of alkyl halides is 4. The number of nitrogens with one attached hydrogen (secondary N) is 2. The quantitative estimate of drug-likeness (QED) is 0.244. The van der Waals surface area contributed by atoms with Crippen molar-refractivity contribution >= 4 is 97.0 Å². The molecule has 0 radical (unpaired) electrons. The van der Waals surface area contributed by atoms with Crippen LogP contribution in [0.5, 0.6) is 0 Å². The van der Waals surface area contributed by atoms with Crippen LogP contribution >= 0.6 is 63.7 Å². The fourth-order valence-corrected chi connectivity index (χ4v) is 2.96. The molecule has 0 heterocycles. The van der Waals surface area contributed by atoms with Crippen LogP contribution in [0.25, 0.3) is 0 Å². The SMILES string of the molecule is O=C(Nc1ccc(NC(=O)C(Br)CBr)c(S(=O)(=O)[O-])c1)C(Br)CBr.[Na+]. The van der Waals surface area contributed by atoms with Crippen molar-refractivity contribution in [2.24, 2.45) is 0 Å². The van der Waals surface area contributed by atoms with Crippen molar-refractivity contribution in [1.82, 2.24) is 0 Å². The van der Waals surface area contributed by atoms with Crippen molar-refractivity contribution in [1.29, 1.82) is 0 Å². The van der Waals surface area contributed by atoms with E-state index in [2.05, 4.69) is 74.4 Å². The molecule has 0 bridgehead atoms. The molecule has 1 aromatic carbocycles. The third kappa shape index (κ3) is 8.26. The van der Waals surface area contributed by atoms with E-state index in [-0.39, 0.29) is 40.9 Å². The molecule has 0 spiro atoms. The largest absolute Gasteiger partial charge is 1.00 e. The minimum absolute atomic E-state index is 0. The molecule has 2 amide bonds. The fraction of sp³-hybridized carbons (Fsp3) is 0.333. The zero-order chi connectivity index (χ0) is 18.5. The number of benzene rings is 1. The maximum Gasteiger partial charge on any atom is 1.00 e. The monoisotopic (exact) mass is 634 g/mol. The molecule has 1 rings (SSSR count). The summed E-state index contributed by atoms with van der Waals surface area (Å²) in [6, 6.07) is 3.62. The van der Waals surface area contributed by atoms with E-state index in [0.29, 0.717) is 10.7 Å². The normalized spacial score (nSPS) is 13.3. The molecule has 134 valence electrons. The Balaban J connectivity index is 0.00000576. The number of anilines is 2. The predicted octanol–water partition coefficient (Wildman–Crippen LogP) is -0.212. The van der Waals surface area contributed by atoms with E-state index < -0.39 is 36.5 Å². The number of carbonyl (C=O) groups excluding carboxylic acids is 2. The van der Waals surface area contributed by atoms with Crippen LogP contribution in [0.3, 0.4) is 0 Å². The minimum Gasteiger partial charge on any atom is -0.744 e. The Morgan fingerprint density at radius 1 is 1.04 bits per heavy atom. The average molecular weight is 638 g/mol. The summed E-state index contributed by atoms with van der Waals surface area (Å²) in [5.74, 6) is -0.939. The van der Waals surface area contributed by atoms with Crippen LogP contribution in [-0.4, -0.2) is 45.1 Å². The summed E-state index contributed by atoms with van der Waals surface area (Å²) in [6.07, 6.45) is 0. The van der Waals surface area contributed by atoms with Crippen molar-refractivity contribution in [2.75, 3.05) is 21.3 Å². The minimum atomic E-state index is -4.86. The van der Waals surface area contributed by atoms with Crippen LogP contribution in [-0.2, 0) is 19.7 Å². The average Bonchev–Trinajstić information content (AvgIpc) is 2.53. The molecular formula is C12H11Br4N2NaO5S. The number of halogens is 4. The van der Waals surface area contributed by atoms with Gasteiger partial charge in [-0.25, -0.2) is 8.42 Å². The molecule has 13 heteroatoms. The molecule has 25 heavy (non-hydrogen) atoms. The predicted molar refractivity (Wildman–Crippen MR) is 105 cm³/mol. The molecule has 0 aliphatic carbocycles. The van der Waals surface area contributed by atoms with Crippen molar-refractivity contribution in [3.63, 3.8) is 0 Å². The second-order valence-corrected chi connectivity index (χ2v) is 9.24. The Morgan fingerprint density at radius 2 is 1.52 bits per heavy atom. The third-order valence-corrected chi connectivity index (χ3v) is 8.00. The maximum absolute atomic E-state index is 11.8. The van der Waals surface area contributed by atoms with E-state index >= 15 is 0 Å². The van der Waals surface area contributed by atoms with E-state index in [9.17, 15) is 22.6 Å². The van der Waals surface area contributed by atoms with Gasteiger partial charge in [0.1, 0.15) is 19.8 Å². The first-order chi connectivity index (χ1) is 11.1. The van der Waals surface area contributed by atoms with Crippen LogP contribution in [0.4, 0.5) is 11.4 Å². The van der Waals surface area contributed by atoms with Crippen LogP contribution in [0, 0.1) is 0 Å². The van der Waals surface area contributed by atoms with Gasteiger partial charge in [0.2, 0.25) is 11.8 Å². The second kappa shape index (κ2) is 11.7. The molecule has 2 N–H and O–H groups in total. The van der Waals surface area contributed by atoms with Crippen LogP contribution in [0.2, 0.25) is 0 Å². The van der Waals surface area contributed by atoms with E-state index in [1.165, 1.54) is 12.1 Å². The van der Waals surface area contributed by atoms with Gasteiger partial charge in [0.25, 0.3) is 0 Å². The van der Waals surface area contributed by atoms with Crippen molar-refractivity contribution in [3.05, 3.63) is 18.2 Å². The first-order valence-corrected chi connectivity index (χ1v) is 11.7. The summed E-state index contributed by atoms with van der Waals surface area (Å²) in [5.41, 5.74) is -0.0389. The third-order valence-electron chi connectivity index (χ3n) is 2.62. The summed E-state index contributed by atoms with van der Waals surface area (Å²) in [4.78, 5) is 21.9. The van der Waals surface area contributed by atoms with Gasteiger partial charge in [-0.3, -0.25) is 9.59 Å². The number of hydrogen-bond acceptors (Lipinski definition) is 5. The van der Waals surface area contributed by atoms with Crippen molar-refractivity contribution in [3.8, 4) is 0 Å². The number of hydrogen-bond donors (Lipinski definition) is 2. The molecular weight excluding hydrogens is 627 g/mol. The van der Waals surface area contributed by atoms with E-state index in [1.807, 2.05) is 0 Å². The molecule has 0 fully saturated rings. The first-order valence-electron chi connectivity index (χ1n) is 6.22. The summed E-state index contributed by atoms with van der Waals surface area (Å²) >= 11 is 12.4. The van der Waals surface area contributed by atoms with E-state index in [0.717, 1.165) is 6.07 Å². The molecule has 0 saturated heterocycles. The molecule has 0 aromatic heterocycles. The zero-order valence-corrected chi connectivity index (χ0v) is 21.9. The number of rotatable bonds is 7. The molecule has 0 aliphatic rings. The zero-order valence-electron chi connectivity index (χ0n) is 12.8. The van der Waals surface area contributed by atoms with E-state index in [4.69, 9.17) is 0 Å². The Bertz CT molecular complexity index is 734. The number of amides is 2. The first kappa shape index (κ1) is 26.0. The Labute approximate surface area is 201 Å². The Kier molecular flexibility index (Phi) is 12.2. The summed E-state index contributed by atoms with van der Waals surface area (Å²) in [5, 5.41) is 5.47. The van der Waals surface area contributed by atoms with Gasteiger partial charge in [-0.1, -0.05) is 63.7 Å². The van der Waals surface area contributed by atoms with Gasteiger partial charge < -0.3 is 15.2 Å². The molecule has 1 aromatic rings. The van der Waals surface area contributed by atoms with Crippen LogP contribution in [0.15, 0.2) is 23.1 Å². The topological polar surface area (TPSA) is 115 Å². The van der Waals surface area contributed by atoms with Gasteiger partial charge in [0.15, 0.2) is 0 Å². The van der Waals surface area contributed by atoms with Crippen molar-refractivity contribution < 1.29 is 52.1 Å². The summed E-state index contributed by atoms with van der Waals surface area (Å²) in [6.45, 7) is 0. The smallest absolute Gasteiger partial charge is 0.744 e. The molecule has 0 aliphatic heterocycles. The van der Waals surface area contributed by atoms with Gasteiger partial charge in [0.05, 0.1) is 10.6 Å². The maximum atomic E-state index is 11.8. The van der Waals surface area contributed by atoms with Crippen LogP contribution < -0.4 is 40.2 Å². The number of carbonyl (C=O) groups is 2. The molecule has 7 nitrogen and oxygen atoms in total. The molecule has 0 saturated carbocycles. The Morgan fingerprint density at radius 3 is 1.96 bits per heavy atom. The van der Waals surface area contributed by atoms with Gasteiger partial charge in [-0.15, -0.1) is 0 Å². The van der Waals surface area contributed by atoms with Gasteiger partial charge >= 0.3 is 29.6 Å².